The minimum atomic E-state index is -0.920. The van der Waals surface area contributed by atoms with Crippen molar-refractivity contribution < 1.29 is 14.6 Å². The number of fused-ring (bicyclic) bond motifs is 1. The quantitative estimate of drug-likeness (QED) is 0.757. The summed E-state index contributed by atoms with van der Waals surface area (Å²) in [5, 5.41) is 13.7. The van der Waals surface area contributed by atoms with Crippen molar-refractivity contribution >= 4 is 5.91 Å². The summed E-state index contributed by atoms with van der Waals surface area (Å²) in [4.78, 5) is 11.8. The molecule has 0 aromatic heterocycles. The van der Waals surface area contributed by atoms with Crippen molar-refractivity contribution in [3.8, 4) is 0 Å². The molecule has 1 unspecified atom stereocenters. The van der Waals surface area contributed by atoms with Gasteiger partial charge in [-0.05, 0) is 43.2 Å². The second-order valence-corrected chi connectivity index (χ2v) is 5.77. The molecule has 0 spiro atoms. The average molecular weight is 291 g/mol. The van der Waals surface area contributed by atoms with Crippen LogP contribution in [0.4, 0.5) is 0 Å². The van der Waals surface area contributed by atoms with Gasteiger partial charge in [-0.15, -0.1) is 0 Å². The molecular formula is C17H25NO3. The molecule has 116 valence electrons. The molecule has 2 rings (SSSR count). The lowest BCUT2D eigenvalue weighted by molar-refractivity contribution is -0.122. The van der Waals surface area contributed by atoms with E-state index in [0.29, 0.717) is 26.0 Å². The van der Waals surface area contributed by atoms with Crippen LogP contribution < -0.4 is 5.32 Å². The summed E-state index contributed by atoms with van der Waals surface area (Å²) in [5.74, 6) is 0.00239. The highest BCUT2D eigenvalue weighted by atomic mass is 16.5. The van der Waals surface area contributed by atoms with Crippen molar-refractivity contribution in [3.63, 3.8) is 0 Å². The summed E-state index contributed by atoms with van der Waals surface area (Å²) in [5.41, 5.74) is 1.24. The molecule has 0 heterocycles. The molecule has 1 atom stereocenters. The molecule has 0 saturated heterocycles. The highest BCUT2D eigenvalue weighted by Gasteiger charge is 2.34. The summed E-state index contributed by atoms with van der Waals surface area (Å²) < 4.78 is 4.96. The topological polar surface area (TPSA) is 58.6 Å². The smallest absolute Gasteiger partial charge is 0.220 e. The molecule has 0 saturated carbocycles. The van der Waals surface area contributed by atoms with E-state index in [2.05, 4.69) is 11.4 Å². The van der Waals surface area contributed by atoms with E-state index in [9.17, 15) is 9.90 Å². The first-order chi connectivity index (χ1) is 10.2. The van der Waals surface area contributed by atoms with Gasteiger partial charge in [0.25, 0.3) is 0 Å². The van der Waals surface area contributed by atoms with Crippen LogP contribution in [0.5, 0.6) is 0 Å². The minimum absolute atomic E-state index is 0.00239. The second kappa shape index (κ2) is 7.57. The number of aliphatic hydroxyl groups is 1. The van der Waals surface area contributed by atoms with Crippen LogP contribution in [0, 0.1) is 0 Å². The zero-order valence-corrected chi connectivity index (χ0v) is 12.7. The lowest BCUT2D eigenvalue weighted by Gasteiger charge is -2.34. The van der Waals surface area contributed by atoms with Crippen molar-refractivity contribution in [1.82, 2.24) is 5.32 Å². The van der Waals surface area contributed by atoms with Gasteiger partial charge in [-0.1, -0.05) is 24.3 Å². The van der Waals surface area contributed by atoms with E-state index in [0.717, 1.165) is 31.2 Å². The van der Waals surface area contributed by atoms with Gasteiger partial charge >= 0.3 is 0 Å². The first-order valence-corrected chi connectivity index (χ1v) is 7.72. The monoisotopic (exact) mass is 291 g/mol. The highest BCUT2D eigenvalue weighted by molar-refractivity contribution is 5.75. The van der Waals surface area contributed by atoms with Crippen molar-refractivity contribution in [1.29, 1.82) is 0 Å². The first kappa shape index (κ1) is 16.0. The molecular weight excluding hydrogens is 266 g/mol. The standard InChI is InChI=1S/C17H25NO3/c1-21-12-5-4-10-16(19)18-13-17(20)11-6-8-14-7-2-3-9-15(14)17/h2-3,7,9,20H,4-6,8,10-13H2,1H3,(H,18,19). The first-order valence-electron chi connectivity index (χ1n) is 7.72. The third kappa shape index (κ3) is 4.29. The lowest BCUT2D eigenvalue weighted by atomic mass is 9.79. The van der Waals surface area contributed by atoms with Crippen LogP contribution in [0.25, 0.3) is 0 Å². The van der Waals surface area contributed by atoms with Crippen LogP contribution >= 0.6 is 0 Å². The van der Waals surface area contributed by atoms with Gasteiger partial charge < -0.3 is 15.2 Å². The third-order valence-electron chi connectivity index (χ3n) is 4.14. The van der Waals surface area contributed by atoms with Crippen molar-refractivity contribution in [2.24, 2.45) is 0 Å². The Hall–Kier alpha value is -1.39. The summed E-state index contributed by atoms with van der Waals surface area (Å²) in [6, 6.07) is 7.98. The third-order valence-corrected chi connectivity index (χ3v) is 4.14. The molecule has 0 fully saturated rings. The molecule has 1 aliphatic rings. The fourth-order valence-electron chi connectivity index (χ4n) is 2.95. The number of benzene rings is 1. The highest BCUT2D eigenvalue weighted by Crippen LogP contribution is 2.34. The summed E-state index contributed by atoms with van der Waals surface area (Å²) in [7, 11) is 1.66. The molecule has 21 heavy (non-hydrogen) atoms. The largest absolute Gasteiger partial charge is 0.385 e. The van der Waals surface area contributed by atoms with Crippen molar-refractivity contribution in [3.05, 3.63) is 35.4 Å². The van der Waals surface area contributed by atoms with Gasteiger partial charge in [-0.3, -0.25) is 4.79 Å². The predicted octanol–water partition coefficient (Wildman–Crippen LogP) is 2.14. The number of hydrogen-bond donors (Lipinski definition) is 2. The molecule has 1 aromatic carbocycles. The Morgan fingerprint density at radius 3 is 3.00 bits per heavy atom. The molecule has 1 aliphatic carbocycles. The number of methoxy groups -OCH3 is 1. The van der Waals surface area contributed by atoms with Crippen molar-refractivity contribution in [2.45, 2.75) is 44.1 Å². The summed E-state index contributed by atoms with van der Waals surface area (Å²) >= 11 is 0. The van der Waals surface area contributed by atoms with Crippen LogP contribution in [-0.4, -0.2) is 31.3 Å². The van der Waals surface area contributed by atoms with E-state index in [1.54, 1.807) is 7.11 Å². The van der Waals surface area contributed by atoms with Crippen LogP contribution in [-0.2, 0) is 21.6 Å². The van der Waals surface area contributed by atoms with E-state index >= 15 is 0 Å². The van der Waals surface area contributed by atoms with Gasteiger partial charge in [0.05, 0.1) is 6.54 Å². The maximum atomic E-state index is 11.8. The van der Waals surface area contributed by atoms with E-state index in [1.165, 1.54) is 5.56 Å². The Morgan fingerprint density at radius 1 is 1.38 bits per heavy atom. The van der Waals surface area contributed by atoms with E-state index in [-0.39, 0.29) is 5.91 Å². The molecule has 4 nitrogen and oxygen atoms in total. The molecule has 1 aromatic rings. The van der Waals surface area contributed by atoms with Crippen LogP contribution in [0.2, 0.25) is 0 Å². The molecule has 0 aliphatic heterocycles. The van der Waals surface area contributed by atoms with Crippen LogP contribution in [0.15, 0.2) is 24.3 Å². The van der Waals surface area contributed by atoms with Gasteiger partial charge in [-0.25, -0.2) is 0 Å². The van der Waals surface area contributed by atoms with E-state index in [4.69, 9.17) is 4.74 Å². The van der Waals surface area contributed by atoms with Crippen molar-refractivity contribution in [2.75, 3.05) is 20.3 Å². The predicted molar refractivity (Wildman–Crippen MR) is 82.0 cm³/mol. The van der Waals surface area contributed by atoms with Gasteiger partial charge in [0, 0.05) is 20.1 Å². The molecule has 0 radical (unpaired) electrons. The van der Waals surface area contributed by atoms with Crippen LogP contribution in [0.3, 0.4) is 0 Å². The van der Waals surface area contributed by atoms with Gasteiger partial charge in [-0.2, -0.15) is 0 Å². The fraction of sp³-hybridized carbons (Fsp3) is 0.588. The lowest BCUT2D eigenvalue weighted by Crippen LogP contribution is -2.42. The maximum absolute atomic E-state index is 11.8. The Kier molecular flexibility index (Phi) is 5.76. The Morgan fingerprint density at radius 2 is 2.19 bits per heavy atom. The van der Waals surface area contributed by atoms with E-state index in [1.807, 2.05) is 18.2 Å². The summed E-state index contributed by atoms with van der Waals surface area (Å²) in [6.45, 7) is 0.984. The number of ether oxygens (including phenoxy) is 1. The zero-order valence-electron chi connectivity index (χ0n) is 12.7. The minimum Gasteiger partial charge on any atom is -0.385 e. The molecule has 4 heteroatoms. The Bertz CT molecular complexity index is 475. The van der Waals surface area contributed by atoms with Gasteiger partial charge in [0.2, 0.25) is 5.91 Å². The number of carbonyl (C=O) groups is 1. The number of carbonyl (C=O) groups excluding carboxylic acids is 1. The number of rotatable bonds is 7. The molecule has 1 amide bonds. The molecule has 0 bridgehead atoms. The fourth-order valence-corrected chi connectivity index (χ4v) is 2.95. The maximum Gasteiger partial charge on any atom is 0.220 e. The summed E-state index contributed by atoms with van der Waals surface area (Å²) in [6.07, 6.45) is 4.85. The molecule has 2 N–H and O–H groups in total. The SMILES string of the molecule is COCCCCC(=O)NCC1(O)CCCc2ccccc21. The van der Waals surface area contributed by atoms with Crippen LogP contribution in [0.1, 0.15) is 43.2 Å². The second-order valence-electron chi connectivity index (χ2n) is 5.77. The number of hydrogen-bond acceptors (Lipinski definition) is 3. The number of nitrogens with one attached hydrogen (secondary N) is 1. The Balaban J connectivity index is 1.86. The van der Waals surface area contributed by atoms with E-state index < -0.39 is 5.60 Å². The number of amides is 1. The Labute approximate surface area is 126 Å². The normalized spacial score (nSPS) is 20.9. The number of aryl methyl sites for hydroxylation is 1. The van der Waals surface area contributed by atoms with Gasteiger partial charge in [0.1, 0.15) is 5.60 Å². The average Bonchev–Trinajstić information content (AvgIpc) is 2.50. The van der Waals surface area contributed by atoms with Gasteiger partial charge in [0.15, 0.2) is 0 Å². The number of unbranched alkanes of at least 4 members (excludes halogenated alkanes) is 1. The zero-order chi connectivity index (χ0) is 15.1.